The first-order valence-corrected chi connectivity index (χ1v) is 6.19. The van der Waals surface area contributed by atoms with E-state index in [1.807, 2.05) is 7.11 Å². The van der Waals surface area contributed by atoms with Crippen LogP contribution in [-0.2, 0) is 4.74 Å². The maximum absolute atomic E-state index is 5.58. The number of methoxy groups -OCH3 is 1. The van der Waals surface area contributed by atoms with Gasteiger partial charge in [-0.1, -0.05) is 0 Å². The van der Waals surface area contributed by atoms with Crippen LogP contribution in [0, 0.1) is 0 Å². The summed E-state index contributed by atoms with van der Waals surface area (Å²) in [6, 6.07) is 0.841. The van der Waals surface area contributed by atoms with Crippen LogP contribution in [0.3, 0.4) is 0 Å². The van der Waals surface area contributed by atoms with E-state index in [2.05, 4.69) is 32.6 Å². The summed E-state index contributed by atoms with van der Waals surface area (Å²) in [5, 5.41) is 0. The third-order valence-electron chi connectivity index (χ3n) is 4.00. The Hall–Kier alpha value is -0.0800. The lowest BCUT2D eigenvalue weighted by Crippen LogP contribution is -2.62. The molecule has 1 heterocycles. The summed E-state index contributed by atoms with van der Waals surface area (Å²) in [5.41, 5.74) is 0.590. The zero-order valence-electron chi connectivity index (χ0n) is 10.8. The summed E-state index contributed by atoms with van der Waals surface area (Å²) in [5.74, 6) is 0. The van der Waals surface area contributed by atoms with Crippen molar-refractivity contribution < 1.29 is 4.74 Å². The van der Waals surface area contributed by atoms with Gasteiger partial charge in [-0.3, -0.25) is 4.90 Å². The van der Waals surface area contributed by atoms with E-state index in [1.54, 1.807) is 0 Å². The van der Waals surface area contributed by atoms with Crippen LogP contribution in [0.1, 0.15) is 53.4 Å². The quantitative estimate of drug-likeness (QED) is 0.696. The van der Waals surface area contributed by atoms with Crippen LogP contribution in [0.25, 0.3) is 0 Å². The minimum Gasteiger partial charge on any atom is -0.381 e. The molecule has 1 saturated heterocycles. The second-order valence-electron chi connectivity index (χ2n) is 6.49. The Balaban J connectivity index is 2.20. The fourth-order valence-electron chi connectivity index (χ4n) is 3.69. The van der Waals surface area contributed by atoms with Crippen molar-refractivity contribution >= 4 is 0 Å². The van der Waals surface area contributed by atoms with Gasteiger partial charge in [0.2, 0.25) is 0 Å². The van der Waals surface area contributed by atoms with Crippen LogP contribution < -0.4 is 0 Å². The molecule has 1 aliphatic carbocycles. The van der Waals surface area contributed by atoms with Crippen molar-refractivity contribution in [3.63, 3.8) is 0 Å². The van der Waals surface area contributed by atoms with Gasteiger partial charge in [-0.25, -0.2) is 0 Å². The summed E-state index contributed by atoms with van der Waals surface area (Å²) >= 11 is 0. The van der Waals surface area contributed by atoms with Crippen molar-refractivity contribution in [1.29, 1.82) is 0 Å². The summed E-state index contributed by atoms with van der Waals surface area (Å²) in [7, 11) is 1.85. The van der Waals surface area contributed by atoms with Crippen molar-refractivity contribution in [2.45, 2.75) is 76.6 Å². The molecule has 0 radical (unpaired) electrons. The monoisotopic (exact) mass is 211 g/mol. The molecule has 0 atom stereocenters. The molecule has 0 aromatic carbocycles. The van der Waals surface area contributed by atoms with Gasteiger partial charge in [-0.05, 0) is 53.4 Å². The number of ether oxygens (including phenoxy) is 1. The summed E-state index contributed by atoms with van der Waals surface area (Å²) in [4.78, 5) is 2.75. The van der Waals surface area contributed by atoms with Gasteiger partial charge in [0.1, 0.15) is 0 Å². The molecule has 0 spiro atoms. The van der Waals surface area contributed by atoms with E-state index >= 15 is 0 Å². The number of hydrogen-bond donors (Lipinski definition) is 0. The first kappa shape index (κ1) is 11.4. The summed E-state index contributed by atoms with van der Waals surface area (Å²) in [6.45, 7) is 9.49. The molecule has 1 saturated carbocycles. The van der Waals surface area contributed by atoms with Gasteiger partial charge >= 0.3 is 0 Å². The van der Waals surface area contributed by atoms with Gasteiger partial charge < -0.3 is 4.74 Å². The zero-order valence-corrected chi connectivity index (χ0v) is 10.8. The molecule has 2 fully saturated rings. The maximum atomic E-state index is 5.58. The Bertz CT molecular complexity index is 225. The first-order valence-electron chi connectivity index (χ1n) is 6.19. The standard InChI is InChI=1S/C13H25NO/c1-12(2)8-11(15-5)9-13(3,4)14(12)10-6-7-10/h10-11H,6-9H2,1-5H3. The van der Waals surface area contributed by atoms with Gasteiger partial charge in [0.25, 0.3) is 0 Å². The summed E-state index contributed by atoms with van der Waals surface area (Å²) in [6.07, 6.45) is 5.56. The van der Waals surface area contributed by atoms with Crippen LogP contribution in [0.5, 0.6) is 0 Å². The predicted molar refractivity (Wildman–Crippen MR) is 63.1 cm³/mol. The van der Waals surface area contributed by atoms with E-state index in [0.717, 1.165) is 6.04 Å². The molecule has 0 aromatic heterocycles. The number of nitrogens with zero attached hydrogens (tertiary/aromatic N) is 1. The molecule has 0 unspecified atom stereocenters. The second kappa shape index (κ2) is 3.46. The highest BCUT2D eigenvalue weighted by Crippen LogP contribution is 2.46. The van der Waals surface area contributed by atoms with Crippen molar-refractivity contribution in [2.24, 2.45) is 0 Å². The fourth-order valence-corrected chi connectivity index (χ4v) is 3.69. The predicted octanol–water partition coefficient (Wildman–Crippen LogP) is 2.82. The van der Waals surface area contributed by atoms with Crippen LogP contribution >= 0.6 is 0 Å². The van der Waals surface area contributed by atoms with Crippen LogP contribution in [-0.4, -0.2) is 35.2 Å². The van der Waals surface area contributed by atoms with Gasteiger partial charge in [0, 0.05) is 24.2 Å². The average Bonchev–Trinajstić information content (AvgIpc) is 2.83. The Morgan fingerprint density at radius 1 is 1.00 bits per heavy atom. The number of likely N-dealkylation sites (tertiary alicyclic amines) is 1. The van der Waals surface area contributed by atoms with Crippen molar-refractivity contribution in [3.8, 4) is 0 Å². The van der Waals surface area contributed by atoms with Crippen molar-refractivity contribution in [2.75, 3.05) is 7.11 Å². The lowest BCUT2D eigenvalue weighted by Gasteiger charge is -2.55. The fraction of sp³-hybridized carbons (Fsp3) is 1.00. The minimum atomic E-state index is 0.295. The Morgan fingerprint density at radius 2 is 1.47 bits per heavy atom. The Kier molecular flexibility index (Phi) is 2.63. The molecule has 0 bridgehead atoms. The topological polar surface area (TPSA) is 12.5 Å². The van der Waals surface area contributed by atoms with Gasteiger partial charge in [0.05, 0.1) is 6.10 Å². The van der Waals surface area contributed by atoms with E-state index < -0.39 is 0 Å². The minimum absolute atomic E-state index is 0.295. The highest BCUT2D eigenvalue weighted by atomic mass is 16.5. The van der Waals surface area contributed by atoms with Gasteiger partial charge in [-0.15, -0.1) is 0 Å². The first-order chi connectivity index (χ1) is 6.87. The zero-order chi connectivity index (χ0) is 11.3. The summed E-state index contributed by atoms with van der Waals surface area (Å²) < 4.78 is 5.58. The smallest absolute Gasteiger partial charge is 0.0606 e. The van der Waals surface area contributed by atoms with Crippen LogP contribution in [0.4, 0.5) is 0 Å². The van der Waals surface area contributed by atoms with Crippen molar-refractivity contribution in [3.05, 3.63) is 0 Å². The molecule has 2 aliphatic rings. The third-order valence-corrected chi connectivity index (χ3v) is 4.00. The molecule has 0 amide bonds. The molecule has 0 N–H and O–H groups in total. The Labute approximate surface area is 94.0 Å². The number of rotatable bonds is 2. The molecule has 1 aliphatic heterocycles. The molecular formula is C13H25NO. The van der Waals surface area contributed by atoms with Gasteiger partial charge in [-0.2, -0.15) is 0 Å². The molecular weight excluding hydrogens is 186 g/mol. The second-order valence-corrected chi connectivity index (χ2v) is 6.49. The van der Waals surface area contributed by atoms with E-state index in [4.69, 9.17) is 4.74 Å². The average molecular weight is 211 g/mol. The molecule has 88 valence electrons. The van der Waals surface area contributed by atoms with E-state index in [0.29, 0.717) is 17.2 Å². The number of piperidine rings is 1. The van der Waals surface area contributed by atoms with E-state index in [-0.39, 0.29) is 0 Å². The lowest BCUT2D eigenvalue weighted by molar-refractivity contribution is -0.0974. The molecule has 15 heavy (non-hydrogen) atoms. The van der Waals surface area contributed by atoms with Crippen LogP contribution in [0.2, 0.25) is 0 Å². The normalized spacial score (nSPS) is 31.8. The Morgan fingerprint density at radius 3 is 1.80 bits per heavy atom. The highest BCUT2D eigenvalue weighted by molar-refractivity contribution is 5.06. The van der Waals surface area contributed by atoms with E-state index in [1.165, 1.54) is 25.7 Å². The van der Waals surface area contributed by atoms with Gasteiger partial charge in [0.15, 0.2) is 0 Å². The lowest BCUT2D eigenvalue weighted by atomic mass is 9.78. The molecule has 2 nitrogen and oxygen atoms in total. The highest BCUT2D eigenvalue weighted by Gasteiger charge is 2.50. The molecule has 0 aromatic rings. The molecule has 2 rings (SSSR count). The SMILES string of the molecule is COC1CC(C)(C)N(C2CC2)C(C)(C)C1. The largest absolute Gasteiger partial charge is 0.381 e. The maximum Gasteiger partial charge on any atom is 0.0606 e. The molecule has 2 heteroatoms. The third kappa shape index (κ3) is 2.07. The van der Waals surface area contributed by atoms with Crippen LogP contribution in [0.15, 0.2) is 0 Å². The number of hydrogen-bond acceptors (Lipinski definition) is 2. The van der Waals surface area contributed by atoms with Crippen molar-refractivity contribution in [1.82, 2.24) is 4.90 Å². The van der Waals surface area contributed by atoms with E-state index in [9.17, 15) is 0 Å².